The topological polar surface area (TPSA) is 89.9 Å². The Labute approximate surface area is 190 Å². The van der Waals surface area contributed by atoms with Crippen molar-refractivity contribution in [3.05, 3.63) is 65.7 Å². The summed E-state index contributed by atoms with van der Waals surface area (Å²) in [5, 5.41) is 21.8. The van der Waals surface area contributed by atoms with Crippen molar-refractivity contribution in [2.75, 3.05) is 19.6 Å². The highest BCUT2D eigenvalue weighted by atomic mass is 16.4. The van der Waals surface area contributed by atoms with Gasteiger partial charge in [-0.15, -0.1) is 0 Å². The molecule has 0 spiro atoms. The van der Waals surface area contributed by atoms with Crippen LogP contribution in [-0.4, -0.2) is 52.7 Å². The summed E-state index contributed by atoms with van der Waals surface area (Å²) in [7, 11) is 0. The Morgan fingerprint density at radius 1 is 1.19 bits per heavy atom. The summed E-state index contributed by atoms with van der Waals surface area (Å²) < 4.78 is 0. The van der Waals surface area contributed by atoms with Crippen molar-refractivity contribution >= 4 is 11.9 Å². The Bertz CT molecular complexity index is 932. The van der Waals surface area contributed by atoms with Crippen molar-refractivity contribution in [2.45, 2.75) is 45.1 Å². The lowest BCUT2D eigenvalue weighted by Gasteiger charge is -2.45. The van der Waals surface area contributed by atoms with Gasteiger partial charge in [0.25, 0.3) is 0 Å². The second kappa shape index (κ2) is 10.2. The standard InChI is InChI=1S/C26H34N2O4/c1-18-16-28(13-12-26(18,3)22-10-7-11-23(29)15-22)17-21(14-20-8-5-4-6-9-20)24(30)27-19(2)25(31)32/h4-11,15,18-19,21,29H,12-14,16-17H2,1-3H3,(H,27,30)(H,31,32)/t18-,19-,21?,26+/m0/s1. The molecule has 0 aliphatic carbocycles. The minimum atomic E-state index is -1.04. The minimum Gasteiger partial charge on any atom is -0.508 e. The van der Waals surface area contributed by atoms with Crippen LogP contribution in [-0.2, 0) is 21.4 Å². The molecule has 2 aromatic carbocycles. The number of carbonyl (C=O) groups is 2. The van der Waals surface area contributed by atoms with Crippen molar-refractivity contribution in [1.29, 1.82) is 0 Å². The highest BCUT2D eigenvalue weighted by molar-refractivity contribution is 5.85. The number of likely N-dealkylation sites (tertiary alicyclic amines) is 1. The summed E-state index contributed by atoms with van der Waals surface area (Å²) in [6, 6.07) is 16.4. The maximum Gasteiger partial charge on any atom is 0.325 e. The molecule has 32 heavy (non-hydrogen) atoms. The number of hydrogen-bond acceptors (Lipinski definition) is 4. The lowest BCUT2D eigenvalue weighted by atomic mass is 9.68. The first-order valence-corrected chi connectivity index (χ1v) is 11.3. The van der Waals surface area contributed by atoms with Crippen LogP contribution >= 0.6 is 0 Å². The van der Waals surface area contributed by atoms with Crippen LogP contribution in [0.25, 0.3) is 0 Å². The third kappa shape index (κ3) is 5.68. The molecular weight excluding hydrogens is 404 g/mol. The molecule has 1 saturated heterocycles. The van der Waals surface area contributed by atoms with E-state index in [1.54, 1.807) is 6.07 Å². The molecule has 0 aromatic heterocycles. The highest BCUT2D eigenvalue weighted by Crippen LogP contribution is 2.40. The third-order valence-electron chi connectivity index (χ3n) is 6.98. The number of aliphatic carboxylic acids is 1. The number of phenolic OH excluding ortho intramolecular Hbond substituents is 1. The van der Waals surface area contributed by atoms with Gasteiger partial charge >= 0.3 is 5.97 Å². The van der Waals surface area contributed by atoms with Gasteiger partial charge in [0, 0.05) is 13.1 Å². The number of carboxylic acids is 1. The molecular formula is C26H34N2O4. The largest absolute Gasteiger partial charge is 0.508 e. The smallest absolute Gasteiger partial charge is 0.325 e. The predicted octanol–water partition coefficient (Wildman–Crippen LogP) is 3.44. The molecule has 3 rings (SSSR count). The van der Waals surface area contributed by atoms with Gasteiger partial charge in [-0.1, -0.05) is 56.3 Å². The lowest BCUT2D eigenvalue weighted by molar-refractivity contribution is -0.142. The molecule has 0 bridgehead atoms. The summed E-state index contributed by atoms with van der Waals surface area (Å²) >= 11 is 0. The van der Waals surface area contributed by atoms with Gasteiger partial charge in [-0.05, 0) is 60.9 Å². The maximum atomic E-state index is 13.0. The zero-order chi connectivity index (χ0) is 23.3. The molecule has 6 heteroatoms. The summed E-state index contributed by atoms with van der Waals surface area (Å²) in [4.78, 5) is 26.5. The molecule has 1 fully saturated rings. The summed E-state index contributed by atoms with van der Waals surface area (Å²) in [6.07, 6.45) is 1.48. The van der Waals surface area contributed by atoms with E-state index in [1.165, 1.54) is 6.92 Å². The fourth-order valence-corrected chi connectivity index (χ4v) is 4.62. The summed E-state index contributed by atoms with van der Waals surface area (Å²) in [6.45, 7) is 8.20. The van der Waals surface area contributed by atoms with E-state index < -0.39 is 12.0 Å². The van der Waals surface area contributed by atoms with E-state index in [2.05, 4.69) is 30.1 Å². The number of aromatic hydroxyl groups is 1. The number of amides is 1. The first-order chi connectivity index (χ1) is 15.2. The monoisotopic (exact) mass is 438 g/mol. The van der Waals surface area contributed by atoms with E-state index in [-0.39, 0.29) is 23.0 Å². The number of piperidine rings is 1. The van der Waals surface area contributed by atoms with Crippen LogP contribution in [0.5, 0.6) is 5.75 Å². The number of benzene rings is 2. The fourth-order valence-electron chi connectivity index (χ4n) is 4.62. The first kappa shape index (κ1) is 23.8. The van der Waals surface area contributed by atoms with Crippen LogP contribution in [0.1, 0.15) is 38.3 Å². The zero-order valence-electron chi connectivity index (χ0n) is 19.1. The Kier molecular flexibility index (Phi) is 7.56. The number of rotatable bonds is 8. The van der Waals surface area contributed by atoms with E-state index >= 15 is 0 Å². The SMILES string of the molecule is C[C@H](NC(=O)C(Cc1ccccc1)CN1CC[C@@](C)(c2cccc(O)c2)[C@@H](C)C1)C(=O)O. The quantitative estimate of drug-likeness (QED) is 0.587. The molecule has 1 amide bonds. The van der Waals surface area contributed by atoms with Gasteiger partial charge in [-0.3, -0.25) is 9.59 Å². The molecule has 0 saturated carbocycles. The Morgan fingerprint density at radius 2 is 1.91 bits per heavy atom. The van der Waals surface area contributed by atoms with Crippen LogP contribution in [0.3, 0.4) is 0 Å². The molecule has 4 atom stereocenters. The molecule has 1 unspecified atom stereocenters. The number of nitrogens with one attached hydrogen (secondary N) is 1. The van der Waals surface area contributed by atoms with Crippen molar-refractivity contribution in [2.24, 2.45) is 11.8 Å². The van der Waals surface area contributed by atoms with Crippen LogP contribution in [0.15, 0.2) is 54.6 Å². The number of carboxylic acid groups (broad SMARTS) is 1. The first-order valence-electron chi connectivity index (χ1n) is 11.3. The molecule has 172 valence electrons. The van der Waals surface area contributed by atoms with Crippen molar-refractivity contribution < 1.29 is 19.8 Å². The van der Waals surface area contributed by atoms with Crippen LogP contribution < -0.4 is 5.32 Å². The van der Waals surface area contributed by atoms with Crippen molar-refractivity contribution in [1.82, 2.24) is 10.2 Å². The van der Waals surface area contributed by atoms with Crippen LogP contribution in [0.2, 0.25) is 0 Å². The second-order valence-electron chi connectivity index (χ2n) is 9.33. The molecule has 1 aliphatic heterocycles. The van der Waals surface area contributed by atoms with Crippen molar-refractivity contribution in [3.63, 3.8) is 0 Å². The average Bonchev–Trinajstić information content (AvgIpc) is 2.76. The van der Waals surface area contributed by atoms with E-state index in [0.29, 0.717) is 18.9 Å². The fraction of sp³-hybridized carbons (Fsp3) is 0.462. The number of nitrogens with zero attached hydrogens (tertiary/aromatic N) is 1. The third-order valence-corrected chi connectivity index (χ3v) is 6.98. The lowest BCUT2D eigenvalue weighted by Crippen LogP contribution is -2.51. The van der Waals surface area contributed by atoms with Gasteiger partial charge in [0.15, 0.2) is 0 Å². The molecule has 1 aliphatic rings. The zero-order valence-corrected chi connectivity index (χ0v) is 19.1. The molecule has 0 radical (unpaired) electrons. The van der Waals surface area contributed by atoms with Crippen LogP contribution in [0, 0.1) is 11.8 Å². The highest BCUT2D eigenvalue weighted by Gasteiger charge is 2.39. The molecule has 3 N–H and O–H groups in total. The van der Waals surface area contributed by atoms with Gasteiger partial charge in [0.05, 0.1) is 5.92 Å². The molecule has 1 heterocycles. The van der Waals surface area contributed by atoms with Gasteiger partial charge in [-0.25, -0.2) is 0 Å². The minimum absolute atomic E-state index is 0.0513. The number of hydrogen-bond donors (Lipinski definition) is 3. The van der Waals surface area contributed by atoms with E-state index in [9.17, 15) is 19.8 Å². The predicted molar refractivity (Wildman–Crippen MR) is 125 cm³/mol. The van der Waals surface area contributed by atoms with E-state index in [4.69, 9.17) is 0 Å². The molecule has 6 nitrogen and oxygen atoms in total. The van der Waals surface area contributed by atoms with Gasteiger partial charge < -0.3 is 20.4 Å². The Balaban J connectivity index is 1.72. The van der Waals surface area contributed by atoms with Gasteiger partial charge in [-0.2, -0.15) is 0 Å². The summed E-state index contributed by atoms with van der Waals surface area (Å²) in [5.74, 6) is -0.985. The number of phenols is 1. The second-order valence-corrected chi connectivity index (χ2v) is 9.33. The van der Waals surface area contributed by atoms with E-state index in [0.717, 1.165) is 30.6 Å². The number of carbonyl (C=O) groups excluding carboxylic acids is 1. The van der Waals surface area contributed by atoms with E-state index in [1.807, 2.05) is 42.5 Å². The summed E-state index contributed by atoms with van der Waals surface area (Å²) in [5.41, 5.74) is 2.15. The average molecular weight is 439 g/mol. The Morgan fingerprint density at radius 3 is 2.53 bits per heavy atom. The normalized spacial score (nSPS) is 23.3. The van der Waals surface area contributed by atoms with Gasteiger partial charge in [0.1, 0.15) is 11.8 Å². The van der Waals surface area contributed by atoms with Gasteiger partial charge in [0.2, 0.25) is 5.91 Å². The molecule has 2 aromatic rings. The Hall–Kier alpha value is -2.86. The van der Waals surface area contributed by atoms with Crippen molar-refractivity contribution in [3.8, 4) is 5.75 Å². The maximum absolute atomic E-state index is 13.0. The van der Waals surface area contributed by atoms with Crippen LogP contribution in [0.4, 0.5) is 0 Å².